The van der Waals surface area contributed by atoms with E-state index in [1.54, 1.807) is 31.5 Å². The second-order valence-electron chi connectivity index (χ2n) is 4.57. The Balaban J connectivity index is 2.21. The van der Waals surface area contributed by atoms with Crippen molar-refractivity contribution in [2.45, 2.75) is 13.8 Å². The maximum absolute atomic E-state index is 12.4. The van der Waals surface area contributed by atoms with Gasteiger partial charge in [0, 0.05) is 19.3 Å². The Bertz CT molecular complexity index is 642. The van der Waals surface area contributed by atoms with Gasteiger partial charge in [-0.05, 0) is 32.0 Å². The molecule has 0 saturated heterocycles. The second kappa shape index (κ2) is 7.40. The van der Waals surface area contributed by atoms with Crippen LogP contribution in [-0.2, 0) is 0 Å². The van der Waals surface area contributed by atoms with E-state index in [1.165, 1.54) is 0 Å². The number of amides is 1. The maximum Gasteiger partial charge on any atom is 0.274 e. The monoisotopic (exact) mass is 300 g/mol. The standard InChI is InChI=1S/C16H20N4O2/c1-4-20(5-2)16-17-11-10-13(19-16)15(21)18-12-8-6-7-9-14(12)22-3/h6-11H,4-5H2,1-3H3,(H,18,21). The van der Waals surface area contributed by atoms with Gasteiger partial charge in [0.15, 0.2) is 0 Å². The largest absolute Gasteiger partial charge is 0.495 e. The van der Waals surface area contributed by atoms with Crippen LogP contribution in [0, 0.1) is 0 Å². The molecule has 6 nitrogen and oxygen atoms in total. The highest BCUT2D eigenvalue weighted by Gasteiger charge is 2.13. The molecule has 22 heavy (non-hydrogen) atoms. The number of ether oxygens (including phenoxy) is 1. The molecule has 0 spiro atoms. The van der Waals surface area contributed by atoms with Gasteiger partial charge in [-0.1, -0.05) is 12.1 Å². The van der Waals surface area contributed by atoms with Gasteiger partial charge in [-0.25, -0.2) is 9.97 Å². The van der Waals surface area contributed by atoms with Crippen LogP contribution < -0.4 is 15.0 Å². The Morgan fingerprint density at radius 1 is 1.23 bits per heavy atom. The van der Waals surface area contributed by atoms with Crippen LogP contribution in [0.25, 0.3) is 0 Å². The van der Waals surface area contributed by atoms with E-state index in [2.05, 4.69) is 15.3 Å². The number of carbonyl (C=O) groups is 1. The van der Waals surface area contributed by atoms with Gasteiger partial charge in [0.1, 0.15) is 11.4 Å². The number of para-hydroxylation sites is 2. The molecule has 1 aromatic carbocycles. The number of nitrogens with zero attached hydrogens (tertiary/aromatic N) is 3. The third kappa shape index (κ3) is 3.52. The predicted octanol–water partition coefficient (Wildman–Crippen LogP) is 2.58. The van der Waals surface area contributed by atoms with E-state index in [0.29, 0.717) is 23.1 Å². The molecule has 0 radical (unpaired) electrons. The van der Waals surface area contributed by atoms with Crippen LogP contribution in [0.15, 0.2) is 36.5 Å². The Labute approximate surface area is 130 Å². The zero-order valence-electron chi connectivity index (χ0n) is 13.0. The van der Waals surface area contributed by atoms with Crippen LogP contribution in [0.4, 0.5) is 11.6 Å². The zero-order chi connectivity index (χ0) is 15.9. The summed E-state index contributed by atoms with van der Waals surface area (Å²) in [6, 6.07) is 8.84. The minimum absolute atomic E-state index is 0.291. The Hall–Kier alpha value is -2.63. The summed E-state index contributed by atoms with van der Waals surface area (Å²) >= 11 is 0. The molecule has 0 atom stereocenters. The van der Waals surface area contributed by atoms with Gasteiger partial charge in [0.25, 0.3) is 5.91 Å². The normalized spacial score (nSPS) is 10.1. The van der Waals surface area contributed by atoms with E-state index in [1.807, 2.05) is 30.9 Å². The molecule has 2 rings (SSSR count). The molecule has 0 aliphatic carbocycles. The summed E-state index contributed by atoms with van der Waals surface area (Å²) < 4.78 is 5.22. The van der Waals surface area contributed by atoms with E-state index < -0.39 is 0 Å². The summed E-state index contributed by atoms with van der Waals surface area (Å²) in [6.45, 7) is 5.62. The van der Waals surface area contributed by atoms with E-state index in [-0.39, 0.29) is 5.91 Å². The molecule has 2 aromatic rings. The first-order chi connectivity index (χ1) is 10.7. The lowest BCUT2D eigenvalue weighted by molar-refractivity contribution is 0.102. The lowest BCUT2D eigenvalue weighted by Crippen LogP contribution is -2.25. The zero-order valence-corrected chi connectivity index (χ0v) is 13.0. The van der Waals surface area contributed by atoms with E-state index in [4.69, 9.17) is 4.74 Å². The topological polar surface area (TPSA) is 67.4 Å². The highest BCUT2D eigenvalue weighted by molar-refractivity contribution is 6.03. The van der Waals surface area contributed by atoms with Crippen molar-refractivity contribution in [2.24, 2.45) is 0 Å². The first-order valence-electron chi connectivity index (χ1n) is 7.22. The summed E-state index contributed by atoms with van der Waals surface area (Å²) in [7, 11) is 1.56. The molecule has 1 N–H and O–H groups in total. The van der Waals surface area contributed by atoms with Crippen LogP contribution in [0.5, 0.6) is 5.75 Å². The summed E-state index contributed by atoms with van der Waals surface area (Å²) in [5.74, 6) is 0.867. The molecule has 116 valence electrons. The predicted molar refractivity (Wildman–Crippen MR) is 86.5 cm³/mol. The quantitative estimate of drug-likeness (QED) is 0.888. The van der Waals surface area contributed by atoms with Gasteiger partial charge >= 0.3 is 0 Å². The smallest absolute Gasteiger partial charge is 0.274 e. The maximum atomic E-state index is 12.4. The number of hydrogen-bond donors (Lipinski definition) is 1. The van der Waals surface area contributed by atoms with Crippen molar-refractivity contribution in [1.82, 2.24) is 9.97 Å². The van der Waals surface area contributed by atoms with Gasteiger partial charge in [-0.3, -0.25) is 4.79 Å². The molecule has 0 aliphatic heterocycles. The molecule has 0 unspecified atom stereocenters. The number of hydrogen-bond acceptors (Lipinski definition) is 5. The minimum Gasteiger partial charge on any atom is -0.495 e. The van der Waals surface area contributed by atoms with Gasteiger partial charge in [0.05, 0.1) is 12.8 Å². The van der Waals surface area contributed by atoms with Crippen LogP contribution in [0.3, 0.4) is 0 Å². The van der Waals surface area contributed by atoms with Gasteiger partial charge < -0.3 is 15.0 Å². The Morgan fingerprint density at radius 2 is 1.95 bits per heavy atom. The SMILES string of the molecule is CCN(CC)c1nccc(C(=O)Nc2ccccc2OC)n1. The average molecular weight is 300 g/mol. The van der Waals surface area contributed by atoms with E-state index in [0.717, 1.165) is 13.1 Å². The number of benzene rings is 1. The van der Waals surface area contributed by atoms with Crippen molar-refractivity contribution >= 4 is 17.5 Å². The third-order valence-electron chi connectivity index (χ3n) is 3.28. The van der Waals surface area contributed by atoms with Crippen molar-refractivity contribution in [3.05, 3.63) is 42.2 Å². The minimum atomic E-state index is -0.291. The van der Waals surface area contributed by atoms with Crippen molar-refractivity contribution < 1.29 is 9.53 Å². The fourth-order valence-electron chi connectivity index (χ4n) is 2.07. The molecule has 0 aliphatic rings. The Kier molecular flexibility index (Phi) is 5.30. The van der Waals surface area contributed by atoms with Crippen molar-refractivity contribution in [3.63, 3.8) is 0 Å². The number of rotatable bonds is 6. The number of carbonyl (C=O) groups excluding carboxylic acids is 1. The molecule has 0 fully saturated rings. The first kappa shape index (κ1) is 15.8. The van der Waals surface area contributed by atoms with Crippen LogP contribution in [0.1, 0.15) is 24.3 Å². The fraction of sp³-hybridized carbons (Fsp3) is 0.312. The number of anilines is 2. The van der Waals surface area contributed by atoms with Crippen LogP contribution in [-0.4, -0.2) is 36.1 Å². The van der Waals surface area contributed by atoms with Crippen molar-refractivity contribution in [1.29, 1.82) is 0 Å². The van der Waals surface area contributed by atoms with Crippen molar-refractivity contribution in [3.8, 4) is 5.75 Å². The first-order valence-corrected chi connectivity index (χ1v) is 7.22. The van der Waals surface area contributed by atoms with E-state index in [9.17, 15) is 4.79 Å². The van der Waals surface area contributed by atoms with Gasteiger partial charge in [0.2, 0.25) is 5.95 Å². The number of methoxy groups -OCH3 is 1. The number of nitrogens with one attached hydrogen (secondary N) is 1. The Morgan fingerprint density at radius 3 is 2.64 bits per heavy atom. The molecule has 1 amide bonds. The molecular formula is C16H20N4O2. The second-order valence-corrected chi connectivity index (χ2v) is 4.57. The van der Waals surface area contributed by atoms with E-state index >= 15 is 0 Å². The molecule has 6 heteroatoms. The van der Waals surface area contributed by atoms with Gasteiger partial charge in [-0.2, -0.15) is 0 Å². The number of aromatic nitrogens is 2. The lowest BCUT2D eigenvalue weighted by atomic mass is 10.2. The van der Waals surface area contributed by atoms with Gasteiger partial charge in [-0.15, -0.1) is 0 Å². The lowest BCUT2D eigenvalue weighted by Gasteiger charge is -2.18. The highest BCUT2D eigenvalue weighted by Crippen LogP contribution is 2.23. The summed E-state index contributed by atoms with van der Waals surface area (Å²) in [4.78, 5) is 22.9. The van der Waals surface area contributed by atoms with Crippen LogP contribution in [0.2, 0.25) is 0 Å². The molecular weight excluding hydrogens is 280 g/mol. The molecule has 1 aromatic heterocycles. The summed E-state index contributed by atoms with van der Waals surface area (Å²) in [5.41, 5.74) is 0.931. The molecule has 1 heterocycles. The fourth-order valence-corrected chi connectivity index (χ4v) is 2.07. The third-order valence-corrected chi connectivity index (χ3v) is 3.28. The average Bonchev–Trinajstić information content (AvgIpc) is 2.57. The van der Waals surface area contributed by atoms with Crippen molar-refractivity contribution in [2.75, 3.05) is 30.4 Å². The van der Waals surface area contributed by atoms with Crippen LogP contribution >= 0.6 is 0 Å². The summed E-state index contributed by atoms with van der Waals surface area (Å²) in [5, 5.41) is 2.81. The highest BCUT2D eigenvalue weighted by atomic mass is 16.5. The molecule has 0 saturated carbocycles. The molecule has 0 bridgehead atoms. The summed E-state index contributed by atoms with van der Waals surface area (Å²) in [6.07, 6.45) is 1.60.